The number of aromatic nitrogens is 3. The second kappa shape index (κ2) is 6.52. The summed E-state index contributed by atoms with van der Waals surface area (Å²) in [6, 6.07) is 6.09. The molecule has 100 valence electrons. The van der Waals surface area contributed by atoms with Gasteiger partial charge in [0.15, 0.2) is 0 Å². The summed E-state index contributed by atoms with van der Waals surface area (Å²) in [6.07, 6.45) is 2.66. The van der Waals surface area contributed by atoms with Crippen molar-refractivity contribution in [2.75, 3.05) is 11.9 Å². The third kappa shape index (κ3) is 4.21. The van der Waals surface area contributed by atoms with Gasteiger partial charge in [0, 0.05) is 18.3 Å². The number of nitrogens with zero attached hydrogens (tertiary/aromatic N) is 3. The van der Waals surface area contributed by atoms with Crippen LogP contribution in [0.5, 0.6) is 0 Å². The minimum atomic E-state index is 0.865. The Balaban J connectivity index is 2.13. The lowest BCUT2D eigenvalue weighted by Crippen LogP contribution is -2.02. The molecule has 0 aliphatic heterocycles. The van der Waals surface area contributed by atoms with Crippen LogP contribution in [-0.2, 0) is 0 Å². The quantitative estimate of drug-likeness (QED) is 0.846. The van der Waals surface area contributed by atoms with Crippen molar-refractivity contribution in [2.24, 2.45) is 0 Å². The summed E-state index contributed by atoms with van der Waals surface area (Å²) in [7, 11) is 0. The van der Waals surface area contributed by atoms with Gasteiger partial charge >= 0.3 is 0 Å². The van der Waals surface area contributed by atoms with Crippen LogP contribution in [0.25, 0.3) is 0 Å². The second-order valence-electron chi connectivity index (χ2n) is 4.39. The summed E-state index contributed by atoms with van der Waals surface area (Å²) >= 11 is 1.56. The monoisotopic (exact) mass is 274 g/mol. The van der Waals surface area contributed by atoms with E-state index in [1.54, 1.807) is 18.1 Å². The van der Waals surface area contributed by atoms with Gasteiger partial charge in [-0.1, -0.05) is 6.92 Å². The van der Waals surface area contributed by atoms with Gasteiger partial charge in [-0.2, -0.15) is 0 Å². The predicted octanol–water partition coefficient (Wildman–Crippen LogP) is 3.46. The van der Waals surface area contributed by atoms with E-state index in [4.69, 9.17) is 0 Å². The molecule has 0 amide bonds. The van der Waals surface area contributed by atoms with E-state index in [-0.39, 0.29) is 0 Å². The predicted molar refractivity (Wildman–Crippen MR) is 78.6 cm³/mol. The van der Waals surface area contributed by atoms with Crippen LogP contribution in [0.15, 0.2) is 34.6 Å². The minimum absolute atomic E-state index is 0.865. The number of hydrogen-bond acceptors (Lipinski definition) is 5. The molecule has 5 heteroatoms. The summed E-state index contributed by atoms with van der Waals surface area (Å²) in [5, 5.41) is 5.14. The number of anilines is 1. The van der Waals surface area contributed by atoms with Crippen molar-refractivity contribution in [1.29, 1.82) is 0 Å². The van der Waals surface area contributed by atoms with Crippen LogP contribution in [0.1, 0.15) is 24.6 Å². The topological polar surface area (TPSA) is 50.7 Å². The number of pyridine rings is 1. The summed E-state index contributed by atoms with van der Waals surface area (Å²) in [6.45, 7) is 7.13. The van der Waals surface area contributed by atoms with Gasteiger partial charge in [0.25, 0.3) is 0 Å². The Morgan fingerprint density at radius 3 is 2.68 bits per heavy atom. The largest absolute Gasteiger partial charge is 0.370 e. The lowest BCUT2D eigenvalue weighted by Gasteiger charge is -2.06. The average molecular weight is 274 g/mol. The van der Waals surface area contributed by atoms with E-state index in [0.717, 1.165) is 34.5 Å². The van der Waals surface area contributed by atoms with Gasteiger partial charge in [-0.25, -0.2) is 15.0 Å². The van der Waals surface area contributed by atoms with E-state index in [2.05, 4.69) is 46.2 Å². The molecule has 2 heterocycles. The first kappa shape index (κ1) is 13.8. The number of aryl methyl sites for hydroxylation is 2. The summed E-state index contributed by atoms with van der Waals surface area (Å²) < 4.78 is 0. The fourth-order valence-electron chi connectivity index (χ4n) is 1.71. The molecule has 0 aliphatic rings. The van der Waals surface area contributed by atoms with Crippen LogP contribution in [0.3, 0.4) is 0 Å². The molecular weight excluding hydrogens is 256 g/mol. The highest BCUT2D eigenvalue weighted by atomic mass is 32.2. The third-order valence-corrected chi connectivity index (χ3v) is 3.33. The zero-order valence-electron chi connectivity index (χ0n) is 11.5. The Labute approximate surface area is 118 Å². The zero-order valence-corrected chi connectivity index (χ0v) is 12.3. The SMILES string of the molecule is CCCNc1cc(Sc2cc(C)cc(C)n2)ncn1. The maximum atomic E-state index is 4.50. The highest BCUT2D eigenvalue weighted by molar-refractivity contribution is 7.99. The van der Waals surface area contributed by atoms with Crippen LogP contribution in [0.2, 0.25) is 0 Å². The molecule has 0 spiro atoms. The molecule has 0 aromatic carbocycles. The molecule has 0 atom stereocenters. The van der Waals surface area contributed by atoms with E-state index in [1.807, 2.05) is 13.0 Å². The summed E-state index contributed by atoms with van der Waals surface area (Å²) in [5.41, 5.74) is 2.24. The highest BCUT2D eigenvalue weighted by Gasteiger charge is 2.04. The van der Waals surface area contributed by atoms with Crippen LogP contribution in [0, 0.1) is 13.8 Å². The van der Waals surface area contributed by atoms with Gasteiger partial charge in [-0.05, 0) is 49.7 Å². The normalized spacial score (nSPS) is 10.5. The Hall–Kier alpha value is -1.62. The molecule has 0 unspecified atom stereocenters. The van der Waals surface area contributed by atoms with Crippen molar-refractivity contribution in [3.63, 3.8) is 0 Å². The Bertz CT molecular complexity index is 537. The van der Waals surface area contributed by atoms with E-state index in [0.29, 0.717) is 0 Å². The minimum Gasteiger partial charge on any atom is -0.370 e. The molecule has 0 fully saturated rings. The van der Waals surface area contributed by atoms with Crippen LogP contribution >= 0.6 is 11.8 Å². The van der Waals surface area contributed by atoms with Crippen molar-refractivity contribution in [3.8, 4) is 0 Å². The smallest absolute Gasteiger partial charge is 0.130 e. The lowest BCUT2D eigenvalue weighted by molar-refractivity contribution is 0.951. The number of hydrogen-bond donors (Lipinski definition) is 1. The molecule has 2 aromatic rings. The fourth-order valence-corrected chi connectivity index (χ4v) is 2.63. The standard InChI is InChI=1S/C14H18N4S/c1-4-5-15-12-8-13(17-9-16-12)19-14-7-10(2)6-11(3)18-14/h6-9H,4-5H2,1-3H3,(H,15,16,17). The molecule has 0 saturated heterocycles. The molecule has 19 heavy (non-hydrogen) atoms. The summed E-state index contributed by atoms with van der Waals surface area (Å²) in [5.74, 6) is 0.865. The van der Waals surface area contributed by atoms with Crippen molar-refractivity contribution < 1.29 is 0 Å². The van der Waals surface area contributed by atoms with Crippen LogP contribution < -0.4 is 5.32 Å². The molecule has 0 radical (unpaired) electrons. The summed E-state index contributed by atoms with van der Waals surface area (Å²) in [4.78, 5) is 13.0. The molecule has 2 rings (SSSR count). The maximum Gasteiger partial charge on any atom is 0.130 e. The van der Waals surface area contributed by atoms with Gasteiger partial charge in [0.1, 0.15) is 22.2 Å². The van der Waals surface area contributed by atoms with E-state index in [9.17, 15) is 0 Å². The first-order valence-electron chi connectivity index (χ1n) is 6.36. The van der Waals surface area contributed by atoms with E-state index in [1.165, 1.54) is 5.56 Å². The average Bonchev–Trinajstić information content (AvgIpc) is 2.35. The number of rotatable bonds is 5. The molecule has 4 nitrogen and oxygen atoms in total. The Morgan fingerprint density at radius 1 is 1.11 bits per heavy atom. The van der Waals surface area contributed by atoms with E-state index < -0.39 is 0 Å². The van der Waals surface area contributed by atoms with Gasteiger partial charge in [0.2, 0.25) is 0 Å². The van der Waals surface area contributed by atoms with Crippen molar-refractivity contribution in [3.05, 3.63) is 35.8 Å². The van der Waals surface area contributed by atoms with Crippen molar-refractivity contribution in [1.82, 2.24) is 15.0 Å². The van der Waals surface area contributed by atoms with Crippen molar-refractivity contribution >= 4 is 17.6 Å². The molecule has 1 N–H and O–H groups in total. The fraction of sp³-hybridized carbons (Fsp3) is 0.357. The highest BCUT2D eigenvalue weighted by Crippen LogP contribution is 2.26. The third-order valence-electron chi connectivity index (χ3n) is 2.48. The van der Waals surface area contributed by atoms with Gasteiger partial charge in [-0.3, -0.25) is 0 Å². The zero-order chi connectivity index (χ0) is 13.7. The first-order chi connectivity index (χ1) is 9.17. The van der Waals surface area contributed by atoms with Gasteiger partial charge < -0.3 is 5.32 Å². The molecular formula is C14H18N4S. The molecule has 2 aromatic heterocycles. The molecule has 0 bridgehead atoms. The Kier molecular flexibility index (Phi) is 4.74. The van der Waals surface area contributed by atoms with Gasteiger partial charge in [0.05, 0.1) is 0 Å². The van der Waals surface area contributed by atoms with Crippen LogP contribution in [-0.4, -0.2) is 21.5 Å². The van der Waals surface area contributed by atoms with Crippen molar-refractivity contribution in [2.45, 2.75) is 37.2 Å². The second-order valence-corrected chi connectivity index (χ2v) is 5.44. The van der Waals surface area contributed by atoms with Gasteiger partial charge in [-0.15, -0.1) is 0 Å². The molecule has 0 aliphatic carbocycles. The number of nitrogens with one attached hydrogen (secondary N) is 1. The van der Waals surface area contributed by atoms with Crippen LogP contribution in [0.4, 0.5) is 5.82 Å². The van der Waals surface area contributed by atoms with E-state index >= 15 is 0 Å². The maximum absolute atomic E-state index is 4.50. The Morgan fingerprint density at radius 2 is 1.95 bits per heavy atom. The molecule has 0 saturated carbocycles. The lowest BCUT2D eigenvalue weighted by atomic mass is 10.3. The first-order valence-corrected chi connectivity index (χ1v) is 7.18.